The highest BCUT2D eigenvalue weighted by Crippen LogP contribution is 2.52. The normalized spacial score (nSPS) is 12.2. The van der Waals surface area contributed by atoms with Gasteiger partial charge in [-0.1, -0.05) is 140 Å². The Bertz CT molecular complexity index is 2600. The molecule has 0 aromatic heterocycles. The van der Waals surface area contributed by atoms with Crippen molar-refractivity contribution in [2.24, 2.45) is 0 Å². The summed E-state index contributed by atoms with van der Waals surface area (Å²) in [5, 5.41) is 10.0. The van der Waals surface area contributed by atoms with Crippen LogP contribution in [0.5, 0.6) is 11.5 Å². The largest absolute Gasteiger partial charge is 0.455 e. The topological polar surface area (TPSA) is 9.23 Å². The second kappa shape index (κ2) is 9.29. The van der Waals surface area contributed by atoms with Crippen molar-refractivity contribution in [3.05, 3.63) is 158 Å². The summed E-state index contributed by atoms with van der Waals surface area (Å²) in [7, 11) is 0. The molecule has 1 heterocycles. The zero-order chi connectivity index (χ0) is 29.5. The van der Waals surface area contributed by atoms with E-state index in [4.69, 9.17) is 4.74 Å². The van der Waals surface area contributed by atoms with Gasteiger partial charge in [0.2, 0.25) is 0 Å². The third-order valence-corrected chi connectivity index (χ3v) is 9.63. The molecule has 1 heteroatoms. The van der Waals surface area contributed by atoms with Crippen LogP contribution < -0.4 is 4.74 Å². The maximum absolute atomic E-state index is 6.89. The summed E-state index contributed by atoms with van der Waals surface area (Å²) in [6.45, 7) is 0. The molecule has 0 spiro atoms. The fraction of sp³-hybridized carbons (Fsp3) is 0. The molecule has 1 aliphatic rings. The van der Waals surface area contributed by atoms with Gasteiger partial charge in [0, 0.05) is 16.5 Å². The number of rotatable bonds is 3. The number of ether oxygens (including phenoxy) is 1. The van der Waals surface area contributed by atoms with E-state index in [-0.39, 0.29) is 0 Å². The lowest BCUT2D eigenvalue weighted by Crippen LogP contribution is -2.00. The van der Waals surface area contributed by atoms with Crippen LogP contribution in [0.15, 0.2) is 158 Å². The molecule has 9 aromatic carbocycles. The fourth-order valence-corrected chi connectivity index (χ4v) is 7.54. The minimum absolute atomic E-state index is 0.896. The first kappa shape index (κ1) is 24.5. The van der Waals surface area contributed by atoms with E-state index in [1.807, 2.05) is 0 Å². The Balaban J connectivity index is 1.22. The van der Waals surface area contributed by atoms with Crippen LogP contribution in [0, 0.1) is 0 Å². The predicted octanol–water partition coefficient (Wildman–Crippen LogP) is 12.5. The highest BCUT2D eigenvalue weighted by molar-refractivity contribution is 6.28. The molecule has 0 fully saturated rings. The summed E-state index contributed by atoms with van der Waals surface area (Å²) < 4.78 is 6.89. The molecule has 1 nitrogen and oxygen atoms in total. The van der Waals surface area contributed by atoms with Gasteiger partial charge in [-0.3, -0.25) is 0 Å². The van der Waals surface area contributed by atoms with Crippen molar-refractivity contribution in [2.45, 2.75) is 0 Å². The fourth-order valence-electron chi connectivity index (χ4n) is 7.54. The van der Waals surface area contributed by atoms with E-state index in [9.17, 15) is 0 Å². The summed E-state index contributed by atoms with van der Waals surface area (Å²) in [6.07, 6.45) is 0. The third-order valence-electron chi connectivity index (χ3n) is 9.63. The van der Waals surface area contributed by atoms with Crippen molar-refractivity contribution in [3.63, 3.8) is 0 Å². The number of benzene rings is 9. The van der Waals surface area contributed by atoms with Gasteiger partial charge in [-0.2, -0.15) is 0 Å². The third kappa shape index (κ3) is 3.56. The van der Waals surface area contributed by atoms with Crippen molar-refractivity contribution in [1.82, 2.24) is 0 Å². The maximum Gasteiger partial charge on any atom is 0.143 e. The van der Waals surface area contributed by atoms with Gasteiger partial charge in [0.15, 0.2) is 0 Å². The maximum atomic E-state index is 6.89. The summed E-state index contributed by atoms with van der Waals surface area (Å²) in [5.41, 5.74) is 9.57. The van der Waals surface area contributed by atoms with E-state index in [2.05, 4.69) is 158 Å². The summed E-state index contributed by atoms with van der Waals surface area (Å²) >= 11 is 0. The van der Waals surface area contributed by atoms with Crippen molar-refractivity contribution < 1.29 is 4.74 Å². The lowest BCUT2D eigenvalue weighted by Gasteiger charge is -2.25. The molecule has 0 saturated heterocycles. The second-order valence-electron chi connectivity index (χ2n) is 12.0. The van der Waals surface area contributed by atoms with Crippen LogP contribution in [-0.2, 0) is 0 Å². The van der Waals surface area contributed by atoms with Gasteiger partial charge < -0.3 is 4.74 Å². The molecule has 45 heavy (non-hydrogen) atoms. The zero-order valence-electron chi connectivity index (χ0n) is 24.4. The van der Waals surface area contributed by atoms with Crippen LogP contribution in [0.25, 0.3) is 87.6 Å². The van der Waals surface area contributed by atoms with Gasteiger partial charge in [-0.25, -0.2) is 0 Å². The van der Waals surface area contributed by atoms with E-state index >= 15 is 0 Å². The Hall–Kier alpha value is -5.92. The smallest absolute Gasteiger partial charge is 0.143 e. The molecule has 0 aliphatic carbocycles. The molecule has 208 valence electrons. The molecular formula is C44H26O. The van der Waals surface area contributed by atoms with Crippen LogP contribution in [0.3, 0.4) is 0 Å². The molecule has 10 rings (SSSR count). The highest BCUT2D eigenvalue weighted by atomic mass is 16.5. The quantitative estimate of drug-likeness (QED) is 0.192. The van der Waals surface area contributed by atoms with Crippen LogP contribution >= 0.6 is 0 Å². The van der Waals surface area contributed by atoms with E-state index in [1.165, 1.54) is 76.5 Å². The van der Waals surface area contributed by atoms with E-state index in [0.717, 1.165) is 22.6 Å². The van der Waals surface area contributed by atoms with E-state index < -0.39 is 0 Å². The lowest BCUT2D eigenvalue weighted by atomic mass is 9.85. The Morgan fingerprint density at radius 2 is 0.911 bits per heavy atom. The summed E-state index contributed by atoms with van der Waals surface area (Å²) in [4.78, 5) is 0. The van der Waals surface area contributed by atoms with Gasteiger partial charge in [-0.05, 0) is 89.3 Å². The molecule has 0 unspecified atom stereocenters. The number of hydrogen-bond donors (Lipinski definition) is 0. The van der Waals surface area contributed by atoms with Gasteiger partial charge in [0.25, 0.3) is 0 Å². The lowest BCUT2D eigenvalue weighted by molar-refractivity contribution is 0.489. The van der Waals surface area contributed by atoms with Gasteiger partial charge in [-0.15, -0.1) is 0 Å². The predicted molar refractivity (Wildman–Crippen MR) is 189 cm³/mol. The first-order valence-electron chi connectivity index (χ1n) is 15.5. The Kier molecular flexibility index (Phi) is 5.06. The van der Waals surface area contributed by atoms with Crippen molar-refractivity contribution in [2.75, 3.05) is 0 Å². The summed E-state index contributed by atoms with van der Waals surface area (Å²) in [5.74, 6) is 1.83. The summed E-state index contributed by atoms with van der Waals surface area (Å²) in [6, 6.07) is 57.2. The molecule has 0 radical (unpaired) electrons. The van der Waals surface area contributed by atoms with Crippen LogP contribution in [0.1, 0.15) is 0 Å². The number of hydrogen-bond acceptors (Lipinski definition) is 1. The average molecular weight is 571 g/mol. The van der Waals surface area contributed by atoms with E-state index in [1.54, 1.807) is 0 Å². The SMILES string of the molecule is c1ccc(-c2ccc3c(c2)-c2cccc4ccc(-c5ccc6ccc7c(-c8ccccc8)ccc8ccc5c6c87)c(c24)O3)cc1. The molecule has 0 atom stereocenters. The van der Waals surface area contributed by atoms with Crippen LogP contribution in [-0.4, -0.2) is 0 Å². The number of fused-ring (bicyclic) bond motifs is 2. The molecule has 1 aliphatic heterocycles. The Labute approximate surface area is 260 Å². The van der Waals surface area contributed by atoms with Gasteiger partial charge in [0.05, 0.1) is 0 Å². The average Bonchev–Trinajstić information content (AvgIpc) is 3.11. The highest BCUT2D eigenvalue weighted by Gasteiger charge is 2.25. The van der Waals surface area contributed by atoms with Crippen molar-refractivity contribution >= 4 is 43.1 Å². The Morgan fingerprint density at radius 1 is 0.311 bits per heavy atom. The molecule has 9 aromatic rings. The van der Waals surface area contributed by atoms with Crippen LogP contribution in [0.4, 0.5) is 0 Å². The zero-order valence-corrected chi connectivity index (χ0v) is 24.4. The molecule has 0 bridgehead atoms. The first-order valence-corrected chi connectivity index (χ1v) is 15.5. The monoisotopic (exact) mass is 570 g/mol. The first-order chi connectivity index (χ1) is 22.3. The van der Waals surface area contributed by atoms with Gasteiger partial charge in [0.1, 0.15) is 11.5 Å². The van der Waals surface area contributed by atoms with E-state index in [0.29, 0.717) is 0 Å². The molecular weight excluding hydrogens is 544 g/mol. The Morgan fingerprint density at radius 3 is 1.64 bits per heavy atom. The minimum Gasteiger partial charge on any atom is -0.455 e. The standard InChI is InChI=1S/C44H26O/c1-3-8-27(9-4-1)32-19-25-40-39(26-32)35-13-7-12-29-18-24-38(44(45-40)43(29)35)34-21-15-31-16-22-36-33(28-10-5-2-6-11-28)20-14-30-17-23-37(34)42(31)41(30)36/h1-26H. The van der Waals surface area contributed by atoms with Gasteiger partial charge >= 0.3 is 0 Å². The molecule has 0 saturated carbocycles. The second-order valence-corrected chi connectivity index (χ2v) is 12.0. The minimum atomic E-state index is 0.896. The molecule has 0 N–H and O–H groups in total. The van der Waals surface area contributed by atoms with Crippen molar-refractivity contribution in [3.8, 4) is 56.0 Å². The van der Waals surface area contributed by atoms with Crippen molar-refractivity contribution in [1.29, 1.82) is 0 Å². The molecule has 0 amide bonds. The van der Waals surface area contributed by atoms with Crippen LogP contribution in [0.2, 0.25) is 0 Å².